The largest absolute Gasteiger partial charge is 0.490 e. The fourth-order valence-electron chi connectivity index (χ4n) is 0.990. The molecule has 1 amide bonds. The Labute approximate surface area is 94.5 Å². The van der Waals surface area contributed by atoms with E-state index in [2.05, 4.69) is 24.5 Å². The van der Waals surface area contributed by atoms with Crippen LogP contribution in [-0.2, 0) is 4.79 Å². The lowest BCUT2D eigenvalue weighted by Gasteiger charge is -2.05. The van der Waals surface area contributed by atoms with Gasteiger partial charge in [0.25, 0.3) is 0 Å². The Bertz CT molecular complexity index is 335. The zero-order valence-electron chi connectivity index (χ0n) is 8.27. The number of carbonyl (C=O) groups excluding carboxylic acids is 1. The first-order valence-corrected chi connectivity index (χ1v) is 5.14. The van der Waals surface area contributed by atoms with Crippen LogP contribution < -0.4 is 10.1 Å². The van der Waals surface area contributed by atoms with Gasteiger partial charge >= 0.3 is 0 Å². The SMILES string of the molecule is C=CCOc1ccc(NC(=O)CS)cc1. The van der Waals surface area contributed by atoms with Crippen LogP contribution in [0.25, 0.3) is 0 Å². The molecule has 0 aliphatic heterocycles. The number of thiol groups is 1. The molecule has 0 radical (unpaired) electrons. The van der Waals surface area contributed by atoms with Crippen molar-refractivity contribution in [2.24, 2.45) is 0 Å². The van der Waals surface area contributed by atoms with Crippen molar-refractivity contribution in [2.75, 3.05) is 17.7 Å². The maximum absolute atomic E-state index is 11.0. The second-order valence-electron chi connectivity index (χ2n) is 2.83. The van der Waals surface area contributed by atoms with Crippen LogP contribution in [0.1, 0.15) is 0 Å². The lowest BCUT2D eigenvalue weighted by atomic mass is 10.3. The topological polar surface area (TPSA) is 38.3 Å². The number of nitrogens with one attached hydrogen (secondary N) is 1. The molecule has 15 heavy (non-hydrogen) atoms. The van der Waals surface area contributed by atoms with Gasteiger partial charge in [-0.1, -0.05) is 12.7 Å². The summed E-state index contributed by atoms with van der Waals surface area (Å²) in [7, 11) is 0. The molecule has 0 aliphatic carbocycles. The van der Waals surface area contributed by atoms with Gasteiger partial charge in [0.1, 0.15) is 12.4 Å². The van der Waals surface area contributed by atoms with Gasteiger partial charge in [0.2, 0.25) is 5.91 Å². The minimum Gasteiger partial charge on any atom is -0.490 e. The number of hydrogen-bond donors (Lipinski definition) is 2. The van der Waals surface area contributed by atoms with Crippen LogP contribution in [0.3, 0.4) is 0 Å². The first-order valence-electron chi connectivity index (χ1n) is 4.50. The predicted octanol–water partition coefficient (Wildman–Crippen LogP) is 2.12. The van der Waals surface area contributed by atoms with Crippen molar-refractivity contribution in [2.45, 2.75) is 0 Å². The highest BCUT2D eigenvalue weighted by atomic mass is 32.1. The van der Waals surface area contributed by atoms with E-state index in [9.17, 15) is 4.79 Å². The van der Waals surface area contributed by atoms with Gasteiger partial charge in [-0.25, -0.2) is 0 Å². The van der Waals surface area contributed by atoms with Crippen LogP contribution in [0, 0.1) is 0 Å². The molecule has 0 saturated carbocycles. The summed E-state index contributed by atoms with van der Waals surface area (Å²) in [5.74, 6) is 0.797. The average molecular weight is 223 g/mol. The van der Waals surface area contributed by atoms with Crippen molar-refractivity contribution in [3.63, 3.8) is 0 Å². The normalized spacial score (nSPS) is 9.40. The van der Waals surface area contributed by atoms with Gasteiger partial charge in [-0.3, -0.25) is 4.79 Å². The third-order valence-electron chi connectivity index (χ3n) is 1.65. The molecule has 80 valence electrons. The molecule has 0 saturated heterocycles. The third-order valence-corrected chi connectivity index (χ3v) is 1.94. The summed E-state index contributed by atoms with van der Waals surface area (Å²) >= 11 is 3.86. The van der Waals surface area contributed by atoms with E-state index in [1.807, 2.05) is 0 Å². The van der Waals surface area contributed by atoms with Crippen molar-refractivity contribution in [3.8, 4) is 5.75 Å². The van der Waals surface area contributed by atoms with Gasteiger partial charge in [-0.2, -0.15) is 12.6 Å². The highest BCUT2D eigenvalue weighted by Crippen LogP contribution is 2.15. The zero-order chi connectivity index (χ0) is 11.1. The highest BCUT2D eigenvalue weighted by molar-refractivity contribution is 7.81. The Morgan fingerprint density at radius 2 is 2.13 bits per heavy atom. The molecule has 0 unspecified atom stereocenters. The van der Waals surface area contributed by atoms with E-state index in [1.165, 1.54) is 0 Å². The summed E-state index contributed by atoms with van der Waals surface area (Å²) in [6.45, 7) is 4.03. The molecular formula is C11H13NO2S. The van der Waals surface area contributed by atoms with E-state index in [0.717, 1.165) is 11.4 Å². The molecule has 1 N–H and O–H groups in total. The van der Waals surface area contributed by atoms with Crippen LogP contribution in [0.15, 0.2) is 36.9 Å². The maximum atomic E-state index is 11.0. The van der Waals surface area contributed by atoms with Gasteiger partial charge in [-0.05, 0) is 24.3 Å². The van der Waals surface area contributed by atoms with E-state index in [1.54, 1.807) is 30.3 Å². The molecule has 0 aliphatic rings. The number of hydrogen-bond acceptors (Lipinski definition) is 3. The first-order chi connectivity index (χ1) is 7.26. The van der Waals surface area contributed by atoms with E-state index < -0.39 is 0 Å². The fourth-order valence-corrected chi connectivity index (χ4v) is 1.07. The lowest BCUT2D eigenvalue weighted by molar-refractivity contribution is -0.113. The van der Waals surface area contributed by atoms with Gasteiger partial charge in [0.05, 0.1) is 5.75 Å². The molecule has 0 spiro atoms. The van der Waals surface area contributed by atoms with E-state index in [4.69, 9.17) is 4.74 Å². The molecule has 0 heterocycles. The van der Waals surface area contributed by atoms with Crippen molar-refractivity contribution in [1.29, 1.82) is 0 Å². The number of benzene rings is 1. The highest BCUT2D eigenvalue weighted by Gasteiger charge is 1.99. The average Bonchev–Trinajstić information content (AvgIpc) is 2.28. The van der Waals surface area contributed by atoms with Gasteiger partial charge < -0.3 is 10.1 Å². The second-order valence-corrected chi connectivity index (χ2v) is 3.15. The monoisotopic (exact) mass is 223 g/mol. The summed E-state index contributed by atoms with van der Waals surface area (Å²) in [5, 5.41) is 2.68. The maximum Gasteiger partial charge on any atom is 0.234 e. The van der Waals surface area contributed by atoms with Crippen LogP contribution in [-0.4, -0.2) is 18.3 Å². The summed E-state index contributed by atoms with van der Waals surface area (Å²) in [6, 6.07) is 7.13. The summed E-state index contributed by atoms with van der Waals surface area (Å²) in [6.07, 6.45) is 1.68. The van der Waals surface area contributed by atoms with Gasteiger partial charge in [0, 0.05) is 5.69 Å². The molecule has 0 bridgehead atoms. The number of ether oxygens (including phenoxy) is 1. The Kier molecular flexibility index (Phi) is 4.77. The van der Waals surface area contributed by atoms with Gasteiger partial charge in [0.15, 0.2) is 0 Å². The Morgan fingerprint density at radius 3 is 2.67 bits per heavy atom. The minimum atomic E-state index is -0.127. The van der Waals surface area contributed by atoms with Crippen LogP contribution in [0.2, 0.25) is 0 Å². The van der Waals surface area contributed by atoms with Crippen LogP contribution in [0.4, 0.5) is 5.69 Å². The molecule has 0 fully saturated rings. The Balaban J connectivity index is 2.55. The summed E-state index contributed by atoms with van der Waals surface area (Å²) in [5.41, 5.74) is 0.736. The van der Waals surface area contributed by atoms with E-state index in [0.29, 0.717) is 6.61 Å². The molecule has 3 nitrogen and oxygen atoms in total. The standard InChI is InChI=1S/C11H13NO2S/c1-2-7-14-10-5-3-9(4-6-10)12-11(13)8-15/h2-6,15H,1,7-8H2,(H,12,13). The van der Waals surface area contributed by atoms with Crippen LogP contribution >= 0.6 is 12.6 Å². The number of rotatable bonds is 5. The number of amides is 1. The quantitative estimate of drug-likeness (QED) is 0.593. The van der Waals surface area contributed by atoms with E-state index in [-0.39, 0.29) is 11.7 Å². The molecule has 1 aromatic rings. The smallest absolute Gasteiger partial charge is 0.234 e. The number of carbonyl (C=O) groups is 1. The molecule has 0 aromatic heterocycles. The van der Waals surface area contributed by atoms with E-state index >= 15 is 0 Å². The third kappa shape index (κ3) is 4.08. The molecule has 1 rings (SSSR count). The Morgan fingerprint density at radius 1 is 1.47 bits per heavy atom. The Hall–Kier alpha value is -1.42. The second kappa shape index (κ2) is 6.14. The zero-order valence-corrected chi connectivity index (χ0v) is 9.17. The van der Waals surface area contributed by atoms with Crippen molar-refractivity contribution in [1.82, 2.24) is 0 Å². The summed E-state index contributed by atoms with van der Waals surface area (Å²) < 4.78 is 5.30. The number of anilines is 1. The van der Waals surface area contributed by atoms with Gasteiger partial charge in [-0.15, -0.1) is 0 Å². The van der Waals surface area contributed by atoms with Crippen molar-refractivity contribution in [3.05, 3.63) is 36.9 Å². The molecule has 1 aromatic carbocycles. The predicted molar refractivity (Wildman–Crippen MR) is 64.6 cm³/mol. The summed E-state index contributed by atoms with van der Waals surface area (Å²) in [4.78, 5) is 11.0. The minimum absolute atomic E-state index is 0.127. The van der Waals surface area contributed by atoms with Crippen molar-refractivity contribution < 1.29 is 9.53 Å². The molecular weight excluding hydrogens is 210 g/mol. The van der Waals surface area contributed by atoms with Crippen LogP contribution in [0.5, 0.6) is 5.75 Å². The first kappa shape index (κ1) is 11.7. The fraction of sp³-hybridized carbons (Fsp3) is 0.182. The molecule has 4 heteroatoms. The lowest BCUT2D eigenvalue weighted by Crippen LogP contribution is -2.12. The molecule has 0 atom stereocenters. The van der Waals surface area contributed by atoms with Crippen molar-refractivity contribution >= 4 is 24.2 Å².